The van der Waals surface area contributed by atoms with E-state index in [1.54, 1.807) is 0 Å². The van der Waals surface area contributed by atoms with Crippen LogP contribution in [0, 0.1) is 11.3 Å². The molecule has 0 saturated carbocycles. The lowest BCUT2D eigenvalue weighted by molar-refractivity contribution is 0.460. The molecule has 0 atom stereocenters. The van der Waals surface area contributed by atoms with Gasteiger partial charge < -0.3 is 0 Å². The summed E-state index contributed by atoms with van der Waals surface area (Å²) < 4.78 is 23.1. The van der Waals surface area contributed by atoms with Crippen molar-refractivity contribution in [1.82, 2.24) is 0 Å². The van der Waals surface area contributed by atoms with Crippen LogP contribution in [0.5, 0.6) is 0 Å². The van der Waals surface area contributed by atoms with Crippen molar-refractivity contribution in [3.63, 3.8) is 0 Å². The van der Waals surface area contributed by atoms with E-state index in [1.165, 1.54) is 0 Å². The fourth-order valence-corrected chi connectivity index (χ4v) is 3.44. The molecule has 0 saturated heterocycles. The van der Waals surface area contributed by atoms with E-state index in [0.29, 0.717) is 17.4 Å². The predicted molar refractivity (Wildman–Crippen MR) is 57.6 cm³/mol. The third kappa shape index (κ3) is 8.28. The van der Waals surface area contributed by atoms with Gasteiger partial charge in [-0.25, -0.2) is 8.42 Å². The minimum atomic E-state index is -2.83. The van der Waals surface area contributed by atoms with Crippen molar-refractivity contribution in [3.8, 4) is 0 Å². The van der Waals surface area contributed by atoms with Crippen molar-refractivity contribution in [3.05, 3.63) is 0 Å². The lowest BCUT2D eigenvalue weighted by Crippen LogP contribution is -2.23. The summed E-state index contributed by atoms with van der Waals surface area (Å²) in [6.07, 6.45) is 0.776. The molecule has 0 aliphatic rings. The molecule has 0 aromatic rings. The van der Waals surface area contributed by atoms with Gasteiger partial charge in [0.2, 0.25) is 0 Å². The van der Waals surface area contributed by atoms with Crippen LogP contribution in [0.2, 0.25) is 0 Å². The van der Waals surface area contributed by atoms with Crippen molar-refractivity contribution in [1.29, 1.82) is 0 Å². The van der Waals surface area contributed by atoms with Gasteiger partial charge >= 0.3 is 0 Å². The van der Waals surface area contributed by atoms with Crippen LogP contribution in [0.3, 0.4) is 0 Å². The molecular formula is C10H22O2S. The maximum atomic E-state index is 11.6. The second-order valence-corrected chi connectivity index (χ2v) is 7.52. The molecular weight excluding hydrogens is 184 g/mol. The monoisotopic (exact) mass is 206 g/mol. The SMILES string of the molecule is CC(C)CCS(=O)(=O)CC(C)(C)C. The zero-order valence-electron chi connectivity index (χ0n) is 9.42. The second-order valence-electron chi connectivity index (χ2n) is 5.34. The van der Waals surface area contributed by atoms with E-state index in [2.05, 4.69) is 0 Å². The Morgan fingerprint density at radius 3 is 1.92 bits per heavy atom. The van der Waals surface area contributed by atoms with Gasteiger partial charge in [0, 0.05) is 0 Å². The Kier molecular flexibility index (Phi) is 4.43. The maximum absolute atomic E-state index is 11.6. The van der Waals surface area contributed by atoms with Gasteiger partial charge in [0.15, 0.2) is 9.84 Å². The molecule has 0 aromatic heterocycles. The van der Waals surface area contributed by atoms with Crippen LogP contribution < -0.4 is 0 Å². The van der Waals surface area contributed by atoms with Crippen LogP contribution in [0.25, 0.3) is 0 Å². The van der Waals surface area contributed by atoms with Gasteiger partial charge in [-0.2, -0.15) is 0 Å². The highest BCUT2D eigenvalue weighted by molar-refractivity contribution is 7.91. The average Bonchev–Trinajstić information content (AvgIpc) is 1.78. The van der Waals surface area contributed by atoms with Crippen LogP contribution >= 0.6 is 0 Å². The molecule has 0 aliphatic heterocycles. The van der Waals surface area contributed by atoms with Gasteiger partial charge in [-0.15, -0.1) is 0 Å². The van der Waals surface area contributed by atoms with E-state index >= 15 is 0 Å². The smallest absolute Gasteiger partial charge is 0.150 e. The molecule has 0 aromatic carbocycles. The maximum Gasteiger partial charge on any atom is 0.150 e. The van der Waals surface area contributed by atoms with E-state index in [0.717, 1.165) is 6.42 Å². The fraction of sp³-hybridized carbons (Fsp3) is 1.00. The highest BCUT2D eigenvalue weighted by Gasteiger charge is 2.21. The fourth-order valence-electron chi connectivity index (χ4n) is 1.15. The Morgan fingerprint density at radius 2 is 1.62 bits per heavy atom. The largest absolute Gasteiger partial charge is 0.229 e. The number of sulfone groups is 1. The molecule has 0 N–H and O–H groups in total. The molecule has 0 fully saturated rings. The molecule has 0 aliphatic carbocycles. The summed E-state index contributed by atoms with van der Waals surface area (Å²) in [6.45, 7) is 9.97. The topological polar surface area (TPSA) is 34.1 Å². The minimum Gasteiger partial charge on any atom is -0.229 e. The standard InChI is InChI=1S/C10H22O2S/c1-9(2)6-7-13(11,12)8-10(3,4)5/h9H,6-8H2,1-5H3. The average molecular weight is 206 g/mol. The molecule has 2 nitrogen and oxygen atoms in total. The van der Waals surface area contributed by atoms with E-state index in [9.17, 15) is 8.42 Å². The summed E-state index contributed by atoms with van der Waals surface area (Å²) in [5.74, 6) is 1.10. The number of hydrogen-bond donors (Lipinski definition) is 0. The van der Waals surface area contributed by atoms with Crippen molar-refractivity contribution in [2.24, 2.45) is 11.3 Å². The molecule has 0 rings (SSSR count). The number of hydrogen-bond acceptors (Lipinski definition) is 2. The lowest BCUT2D eigenvalue weighted by atomic mass is 10.0. The normalized spacial score (nSPS) is 13.7. The highest BCUT2D eigenvalue weighted by atomic mass is 32.2. The van der Waals surface area contributed by atoms with Gasteiger partial charge in [-0.1, -0.05) is 34.6 Å². The summed E-state index contributed by atoms with van der Waals surface area (Å²) >= 11 is 0. The highest BCUT2D eigenvalue weighted by Crippen LogP contribution is 2.17. The summed E-state index contributed by atoms with van der Waals surface area (Å²) in [4.78, 5) is 0. The molecule has 0 radical (unpaired) electrons. The van der Waals surface area contributed by atoms with E-state index in [1.807, 2.05) is 34.6 Å². The third-order valence-electron chi connectivity index (χ3n) is 1.66. The zero-order valence-corrected chi connectivity index (χ0v) is 10.2. The lowest BCUT2D eigenvalue weighted by Gasteiger charge is -2.18. The van der Waals surface area contributed by atoms with Gasteiger partial charge in [-0.05, 0) is 17.8 Å². The molecule has 13 heavy (non-hydrogen) atoms. The first-order valence-electron chi connectivity index (χ1n) is 4.83. The number of rotatable bonds is 4. The van der Waals surface area contributed by atoms with Gasteiger partial charge in [-0.3, -0.25) is 0 Å². The first kappa shape index (κ1) is 12.9. The summed E-state index contributed by atoms with van der Waals surface area (Å²) in [7, 11) is -2.83. The molecule has 0 amide bonds. The molecule has 0 unspecified atom stereocenters. The Balaban J connectivity index is 4.11. The van der Waals surface area contributed by atoms with Crippen LogP contribution in [-0.2, 0) is 9.84 Å². The summed E-state index contributed by atoms with van der Waals surface area (Å²) in [5, 5.41) is 0. The Bertz CT molecular complexity index is 232. The third-order valence-corrected chi connectivity index (χ3v) is 3.82. The van der Waals surface area contributed by atoms with Crippen molar-refractivity contribution >= 4 is 9.84 Å². The van der Waals surface area contributed by atoms with Crippen LogP contribution in [0.15, 0.2) is 0 Å². The first-order chi connectivity index (χ1) is 5.62. The minimum absolute atomic E-state index is 0.115. The molecule has 80 valence electrons. The van der Waals surface area contributed by atoms with Gasteiger partial charge in [0.25, 0.3) is 0 Å². The Morgan fingerprint density at radius 1 is 1.15 bits per heavy atom. The zero-order chi connectivity index (χ0) is 10.7. The molecule has 0 spiro atoms. The van der Waals surface area contributed by atoms with E-state index in [4.69, 9.17) is 0 Å². The molecule has 0 bridgehead atoms. The van der Waals surface area contributed by atoms with Crippen LogP contribution in [-0.4, -0.2) is 19.9 Å². The van der Waals surface area contributed by atoms with Crippen molar-refractivity contribution < 1.29 is 8.42 Å². The van der Waals surface area contributed by atoms with E-state index < -0.39 is 9.84 Å². The molecule has 3 heteroatoms. The predicted octanol–water partition coefficient (Wildman–Crippen LogP) is 2.49. The Labute approximate surface area is 82.6 Å². The van der Waals surface area contributed by atoms with Gasteiger partial charge in [0.05, 0.1) is 11.5 Å². The summed E-state index contributed by atoms with van der Waals surface area (Å²) in [5.41, 5.74) is -0.115. The van der Waals surface area contributed by atoms with Crippen LogP contribution in [0.1, 0.15) is 41.0 Å². The van der Waals surface area contributed by atoms with Crippen molar-refractivity contribution in [2.75, 3.05) is 11.5 Å². The van der Waals surface area contributed by atoms with Gasteiger partial charge in [0.1, 0.15) is 0 Å². The first-order valence-corrected chi connectivity index (χ1v) is 6.65. The second kappa shape index (κ2) is 4.45. The van der Waals surface area contributed by atoms with Crippen molar-refractivity contribution in [2.45, 2.75) is 41.0 Å². The quantitative estimate of drug-likeness (QED) is 0.708. The van der Waals surface area contributed by atoms with Crippen LogP contribution in [0.4, 0.5) is 0 Å². The molecule has 0 heterocycles. The van der Waals surface area contributed by atoms with E-state index in [-0.39, 0.29) is 5.41 Å². The Hall–Kier alpha value is -0.0500. The summed E-state index contributed by atoms with van der Waals surface area (Å²) in [6, 6.07) is 0.